The Morgan fingerprint density at radius 3 is 2.79 bits per heavy atom. The first-order valence-corrected chi connectivity index (χ1v) is 8.40. The minimum Gasteiger partial charge on any atom is -0.493 e. The van der Waals surface area contributed by atoms with E-state index in [0.717, 1.165) is 50.7 Å². The Morgan fingerprint density at radius 2 is 2.12 bits per heavy atom. The van der Waals surface area contributed by atoms with Gasteiger partial charge in [0.2, 0.25) is 0 Å². The quantitative estimate of drug-likeness (QED) is 0.292. The molecule has 1 aliphatic rings. The van der Waals surface area contributed by atoms with Crippen LogP contribution in [0.3, 0.4) is 0 Å². The van der Waals surface area contributed by atoms with E-state index in [1.54, 1.807) is 7.05 Å². The van der Waals surface area contributed by atoms with Gasteiger partial charge >= 0.3 is 0 Å². The first-order chi connectivity index (χ1) is 11.1. The molecule has 1 aliphatic heterocycles. The van der Waals surface area contributed by atoms with Crippen molar-refractivity contribution in [3.8, 4) is 5.75 Å². The van der Waals surface area contributed by atoms with Gasteiger partial charge in [-0.25, -0.2) is 0 Å². The van der Waals surface area contributed by atoms with Crippen LogP contribution in [0.25, 0.3) is 0 Å². The van der Waals surface area contributed by atoms with Crippen LogP contribution in [0.1, 0.15) is 31.7 Å². The van der Waals surface area contributed by atoms with Crippen LogP contribution in [0.2, 0.25) is 0 Å². The van der Waals surface area contributed by atoms with E-state index in [-0.39, 0.29) is 29.6 Å². The second kappa shape index (κ2) is 10.8. The highest BCUT2D eigenvalue weighted by atomic mass is 127. The molecular formula is C18H30IN3O2. The standard InChI is InChI=1S/C18H29N3O2.HI/c1-15-8-4-5-9-16(15)22-12-7-11-20-17(19-3)21-14-18(2)10-6-13-23-18;/h4-5,8-9H,6-7,10-14H2,1-3H3,(H2,19,20,21);1H. The molecule has 2 rings (SSSR count). The number of nitrogens with one attached hydrogen (secondary N) is 2. The number of para-hydroxylation sites is 1. The maximum atomic E-state index is 5.79. The molecular weight excluding hydrogens is 417 g/mol. The molecule has 2 N–H and O–H groups in total. The average molecular weight is 447 g/mol. The van der Waals surface area contributed by atoms with Crippen LogP contribution >= 0.6 is 24.0 Å². The molecule has 0 saturated carbocycles. The van der Waals surface area contributed by atoms with Gasteiger partial charge in [-0.3, -0.25) is 4.99 Å². The summed E-state index contributed by atoms with van der Waals surface area (Å²) in [6.07, 6.45) is 3.16. The van der Waals surface area contributed by atoms with E-state index in [9.17, 15) is 0 Å². The Balaban J connectivity index is 0.00000288. The second-order valence-electron chi connectivity index (χ2n) is 6.22. The number of rotatable bonds is 7. The molecule has 6 heteroatoms. The number of benzene rings is 1. The normalized spacial score (nSPS) is 20.4. The van der Waals surface area contributed by atoms with Crippen LogP contribution in [-0.2, 0) is 4.74 Å². The van der Waals surface area contributed by atoms with E-state index in [4.69, 9.17) is 9.47 Å². The van der Waals surface area contributed by atoms with Gasteiger partial charge in [0.15, 0.2) is 5.96 Å². The first-order valence-electron chi connectivity index (χ1n) is 8.40. The minimum absolute atomic E-state index is 0. The molecule has 24 heavy (non-hydrogen) atoms. The SMILES string of the molecule is CN=C(NCCCOc1ccccc1C)NCC1(C)CCCO1.I. The molecule has 1 saturated heterocycles. The molecule has 1 aromatic rings. The summed E-state index contributed by atoms with van der Waals surface area (Å²) in [5, 5.41) is 6.66. The molecule has 5 nitrogen and oxygen atoms in total. The summed E-state index contributed by atoms with van der Waals surface area (Å²) in [4.78, 5) is 4.25. The van der Waals surface area contributed by atoms with Crippen molar-refractivity contribution in [3.63, 3.8) is 0 Å². The van der Waals surface area contributed by atoms with Crippen molar-refractivity contribution in [1.82, 2.24) is 10.6 Å². The summed E-state index contributed by atoms with van der Waals surface area (Å²) in [6, 6.07) is 8.09. The Labute approximate surface area is 162 Å². The van der Waals surface area contributed by atoms with Crippen LogP contribution in [0.4, 0.5) is 0 Å². The molecule has 0 amide bonds. The predicted octanol–water partition coefficient (Wildman–Crippen LogP) is 3.12. The van der Waals surface area contributed by atoms with Crippen LogP contribution in [-0.4, -0.2) is 44.9 Å². The van der Waals surface area contributed by atoms with Crippen LogP contribution in [0.5, 0.6) is 5.75 Å². The molecule has 1 aromatic carbocycles. The van der Waals surface area contributed by atoms with Crippen molar-refractivity contribution >= 4 is 29.9 Å². The van der Waals surface area contributed by atoms with Gasteiger partial charge < -0.3 is 20.1 Å². The molecule has 1 unspecified atom stereocenters. The Hall–Kier alpha value is -1.02. The molecule has 0 aromatic heterocycles. The lowest BCUT2D eigenvalue weighted by atomic mass is 10.0. The molecule has 0 bridgehead atoms. The number of hydrogen-bond acceptors (Lipinski definition) is 3. The lowest BCUT2D eigenvalue weighted by Gasteiger charge is -2.24. The van der Waals surface area contributed by atoms with Gasteiger partial charge in [0.05, 0.1) is 12.2 Å². The summed E-state index contributed by atoms with van der Waals surface area (Å²) in [6.45, 7) is 7.37. The molecule has 1 heterocycles. The Kier molecular flexibility index (Phi) is 9.43. The van der Waals surface area contributed by atoms with Gasteiger partial charge in [-0.2, -0.15) is 0 Å². The van der Waals surface area contributed by atoms with E-state index >= 15 is 0 Å². The van der Waals surface area contributed by atoms with Crippen molar-refractivity contribution < 1.29 is 9.47 Å². The zero-order chi connectivity index (χ0) is 16.5. The Bertz CT molecular complexity index is 517. The van der Waals surface area contributed by atoms with E-state index in [0.29, 0.717) is 6.61 Å². The van der Waals surface area contributed by atoms with Crippen molar-refractivity contribution in [1.29, 1.82) is 0 Å². The third-order valence-electron chi connectivity index (χ3n) is 4.12. The summed E-state index contributed by atoms with van der Waals surface area (Å²) >= 11 is 0. The predicted molar refractivity (Wildman–Crippen MR) is 110 cm³/mol. The molecule has 0 aliphatic carbocycles. The van der Waals surface area contributed by atoms with Crippen molar-refractivity contribution in [3.05, 3.63) is 29.8 Å². The van der Waals surface area contributed by atoms with Crippen molar-refractivity contribution in [2.75, 3.05) is 33.4 Å². The minimum atomic E-state index is -0.0639. The zero-order valence-corrected chi connectivity index (χ0v) is 17.3. The first kappa shape index (κ1) is 21.0. The summed E-state index contributed by atoms with van der Waals surface area (Å²) in [5.74, 6) is 1.78. The highest BCUT2D eigenvalue weighted by Crippen LogP contribution is 2.23. The van der Waals surface area contributed by atoms with Gasteiger partial charge in [0.1, 0.15) is 5.75 Å². The van der Waals surface area contributed by atoms with Crippen LogP contribution in [0, 0.1) is 6.92 Å². The average Bonchev–Trinajstić information content (AvgIpc) is 2.98. The third-order valence-corrected chi connectivity index (χ3v) is 4.12. The Morgan fingerprint density at radius 1 is 1.33 bits per heavy atom. The van der Waals surface area contributed by atoms with Gasteiger partial charge in [-0.05, 0) is 44.7 Å². The van der Waals surface area contributed by atoms with Crippen LogP contribution in [0.15, 0.2) is 29.3 Å². The number of halogens is 1. The van der Waals surface area contributed by atoms with E-state index < -0.39 is 0 Å². The fourth-order valence-corrected chi connectivity index (χ4v) is 2.65. The largest absolute Gasteiger partial charge is 0.493 e. The van der Waals surface area contributed by atoms with E-state index in [1.165, 1.54) is 5.56 Å². The molecule has 136 valence electrons. The van der Waals surface area contributed by atoms with Crippen LogP contribution < -0.4 is 15.4 Å². The summed E-state index contributed by atoms with van der Waals surface area (Å²) in [5.41, 5.74) is 1.11. The molecule has 1 fully saturated rings. The lowest BCUT2D eigenvalue weighted by Crippen LogP contribution is -2.45. The fraction of sp³-hybridized carbons (Fsp3) is 0.611. The van der Waals surface area contributed by atoms with Crippen molar-refractivity contribution in [2.45, 2.75) is 38.7 Å². The van der Waals surface area contributed by atoms with Gasteiger partial charge in [0, 0.05) is 26.7 Å². The number of aryl methyl sites for hydroxylation is 1. The number of aliphatic imine (C=N–C) groups is 1. The highest BCUT2D eigenvalue weighted by Gasteiger charge is 2.29. The lowest BCUT2D eigenvalue weighted by molar-refractivity contribution is 0.0243. The number of guanidine groups is 1. The van der Waals surface area contributed by atoms with Gasteiger partial charge in [-0.1, -0.05) is 18.2 Å². The summed E-state index contributed by atoms with van der Waals surface area (Å²) < 4.78 is 11.6. The molecule has 0 spiro atoms. The monoisotopic (exact) mass is 447 g/mol. The molecule has 0 radical (unpaired) electrons. The molecule has 1 atom stereocenters. The number of hydrogen-bond donors (Lipinski definition) is 2. The third kappa shape index (κ3) is 6.84. The maximum Gasteiger partial charge on any atom is 0.191 e. The van der Waals surface area contributed by atoms with Gasteiger partial charge in [-0.15, -0.1) is 24.0 Å². The zero-order valence-electron chi connectivity index (χ0n) is 14.9. The second-order valence-corrected chi connectivity index (χ2v) is 6.22. The topological polar surface area (TPSA) is 54.9 Å². The highest BCUT2D eigenvalue weighted by molar-refractivity contribution is 14.0. The number of nitrogens with zero attached hydrogens (tertiary/aromatic N) is 1. The summed E-state index contributed by atoms with van der Waals surface area (Å²) in [7, 11) is 1.79. The van der Waals surface area contributed by atoms with Gasteiger partial charge in [0.25, 0.3) is 0 Å². The fourth-order valence-electron chi connectivity index (χ4n) is 2.65. The van der Waals surface area contributed by atoms with E-state index in [2.05, 4.69) is 35.5 Å². The van der Waals surface area contributed by atoms with E-state index in [1.807, 2.05) is 18.2 Å². The maximum absolute atomic E-state index is 5.79. The van der Waals surface area contributed by atoms with Crippen molar-refractivity contribution in [2.24, 2.45) is 4.99 Å². The number of ether oxygens (including phenoxy) is 2. The smallest absolute Gasteiger partial charge is 0.191 e.